The van der Waals surface area contributed by atoms with Crippen molar-refractivity contribution in [2.24, 2.45) is 0 Å². The number of benzene rings is 1. The van der Waals surface area contributed by atoms with Crippen LogP contribution in [0.25, 0.3) is 0 Å². The summed E-state index contributed by atoms with van der Waals surface area (Å²) in [7, 11) is 0. The molecule has 1 rings (SSSR count). The molecule has 0 aliphatic rings. The SMILES string of the molecule is CCCCCCCCC/C=C/C=C/C=C/C=C/C=C/C(=O)OCCc1ccc(O)cc1. The Kier molecular flexibility index (Phi) is 16.2. The van der Waals surface area contributed by atoms with Gasteiger partial charge in [-0.15, -0.1) is 0 Å². The van der Waals surface area contributed by atoms with Gasteiger partial charge < -0.3 is 9.84 Å². The van der Waals surface area contributed by atoms with Crippen LogP contribution in [0.1, 0.15) is 63.9 Å². The third-order valence-electron chi connectivity index (χ3n) is 4.69. The summed E-state index contributed by atoms with van der Waals surface area (Å²) in [4.78, 5) is 11.6. The second-order valence-corrected chi connectivity index (χ2v) is 7.44. The average molecular weight is 423 g/mol. The summed E-state index contributed by atoms with van der Waals surface area (Å²) >= 11 is 0. The maximum Gasteiger partial charge on any atom is 0.330 e. The molecule has 0 fully saturated rings. The lowest BCUT2D eigenvalue weighted by Gasteiger charge is -2.02. The fourth-order valence-electron chi connectivity index (χ4n) is 2.89. The van der Waals surface area contributed by atoms with E-state index in [-0.39, 0.29) is 11.7 Å². The van der Waals surface area contributed by atoms with Crippen LogP contribution in [0.3, 0.4) is 0 Å². The van der Waals surface area contributed by atoms with E-state index in [0.717, 1.165) is 12.0 Å². The van der Waals surface area contributed by atoms with Gasteiger partial charge in [-0.3, -0.25) is 0 Å². The third-order valence-corrected chi connectivity index (χ3v) is 4.69. The maximum absolute atomic E-state index is 11.6. The molecule has 0 heterocycles. The lowest BCUT2D eigenvalue weighted by Crippen LogP contribution is -2.04. The first-order valence-corrected chi connectivity index (χ1v) is 11.5. The first-order valence-electron chi connectivity index (χ1n) is 11.5. The van der Waals surface area contributed by atoms with Crippen LogP contribution in [0.2, 0.25) is 0 Å². The van der Waals surface area contributed by atoms with Crippen LogP contribution in [-0.2, 0) is 16.0 Å². The van der Waals surface area contributed by atoms with Gasteiger partial charge in [0.15, 0.2) is 0 Å². The first-order chi connectivity index (χ1) is 15.2. The van der Waals surface area contributed by atoms with Crippen molar-refractivity contribution >= 4 is 5.97 Å². The number of ether oxygens (including phenoxy) is 1. The molecule has 1 N–H and O–H groups in total. The largest absolute Gasteiger partial charge is 0.508 e. The minimum Gasteiger partial charge on any atom is -0.508 e. The molecule has 0 aromatic heterocycles. The number of hydrogen-bond acceptors (Lipinski definition) is 3. The summed E-state index contributed by atoms with van der Waals surface area (Å²) in [5, 5.41) is 9.23. The van der Waals surface area contributed by atoms with Crippen LogP contribution in [0.4, 0.5) is 0 Å². The Balaban J connectivity index is 2.04. The highest BCUT2D eigenvalue weighted by Gasteiger charge is 1.98. The Morgan fingerprint density at radius 2 is 1.39 bits per heavy atom. The van der Waals surface area contributed by atoms with Gasteiger partial charge in [-0.25, -0.2) is 4.79 Å². The number of esters is 1. The lowest BCUT2D eigenvalue weighted by molar-refractivity contribution is -0.137. The summed E-state index contributed by atoms with van der Waals surface area (Å²) in [6, 6.07) is 6.87. The first kappa shape index (κ1) is 26.2. The molecule has 1 aromatic rings. The number of carbonyl (C=O) groups is 1. The molecule has 0 spiro atoms. The number of unbranched alkanes of at least 4 members (excludes halogenated alkanes) is 7. The van der Waals surface area contributed by atoms with Crippen LogP contribution in [-0.4, -0.2) is 17.7 Å². The Bertz CT molecular complexity index is 721. The maximum atomic E-state index is 11.6. The van der Waals surface area contributed by atoms with Gasteiger partial charge in [0.05, 0.1) is 6.61 Å². The van der Waals surface area contributed by atoms with E-state index >= 15 is 0 Å². The second kappa shape index (κ2) is 19.2. The van der Waals surface area contributed by atoms with E-state index in [4.69, 9.17) is 4.74 Å². The van der Waals surface area contributed by atoms with Gasteiger partial charge in [0.2, 0.25) is 0 Å². The van der Waals surface area contributed by atoms with Crippen molar-refractivity contribution in [3.05, 3.63) is 90.6 Å². The van der Waals surface area contributed by atoms with Crippen molar-refractivity contribution in [1.29, 1.82) is 0 Å². The Morgan fingerprint density at radius 1 is 0.806 bits per heavy atom. The number of rotatable bonds is 16. The molecule has 0 atom stereocenters. The van der Waals surface area contributed by atoms with Gasteiger partial charge in [0.25, 0.3) is 0 Å². The molecule has 0 saturated heterocycles. The number of phenolic OH excluding ortho intramolecular Hbond substituents is 1. The minimum atomic E-state index is -0.363. The Labute approximate surface area is 188 Å². The highest BCUT2D eigenvalue weighted by Crippen LogP contribution is 2.10. The summed E-state index contributed by atoms with van der Waals surface area (Å²) in [6.45, 7) is 2.57. The second-order valence-electron chi connectivity index (χ2n) is 7.44. The van der Waals surface area contributed by atoms with Gasteiger partial charge in [0, 0.05) is 12.5 Å². The highest BCUT2D eigenvalue weighted by atomic mass is 16.5. The summed E-state index contributed by atoms with van der Waals surface area (Å²) in [6.07, 6.45) is 30.2. The Hall–Kier alpha value is -2.81. The van der Waals surface area contributed by atoms with Gasteiger partial charge in [-0.1, -0.05) is 112 Å². The van der Waals surface area contributed by atoms with Crippen molar-refractivity contribution < 1.29 is 14.6 Å². The van der Waals surface area contributed by atoms with Crippen LogP contribution in [0.15, 0.2) is 85.0 Å². The standard InChI is InChI=1S/C28H38O3/c1-2-3-4-5-6-7-8-9-10-11-12-13-14-15-16-17-18-19-28(30)31-25-24-26-20-22-27(29)23-21-26/h10-23,29H,2-9,24-25H2,1H3/b11-10+,13-12+,15-14+,17-16+,19-18+. The molecular formula is C28H38O3. The number of allylic oxidation sites excluding steroid dienone is 9. The molecule has 31 heavy (non-hydrogen) atoms. The fourth-order valence-corrected chi connectivity index (χ4v) is 2.89. The van der Waals surface area contributed by atoms with Crippen molar-refractivity contribution in [2.45, 2.75) is 64.7 Å². The van der Waals surface area contributed by atoms with Gasteiger partial charge >= 0.3 is 5.97 Å². The van der Waals surface area contributed by atoms with E-state index in [2.05, 4.69) is 19.1 Å². The molecule has 168 valence electrons. The minimum absolute atomic E-state index is 0.232. The van der Waals surface area contributed by atoms with Crippen molar-refractivity contribution in [2.75, 3.05) is 6.61 Å². The van der Waals surface area contributed by atoms with Crippen LogP contribution >= 0.6 is 0 Å². The van der Waals surface area contributed by atoms with E-state index < -0.39 is 0 Å². The number of phenols is 1. The predicted molar refractivity (Wildman–Crippen MR) is 131 cm³/mol. The Morgan fingerprint density at radius 3 is 2.06 bits per heavy atom. The van der Waals surface area contributed by atoms with Crippen molar-refractivity contribution in [3.8, 4) is 5.75 Å². The summed E-state index contributed by atoms with van der Waals surface area (Å²) < 4.78 is 5.15. The zero-order valence-corrected chi connectivity index (χ0v) is 18.9. The summed E-state index contributed by atoms with van der Waals surface area (Å²) in [5.41, 5.74) is 1.01. The fraction of sp³-hybridized carbons (Fsp3) is 0.393. The molecular weight excluding hydrogens is 384 g/mol. The van der Waals surface area contributed by atoms with Crippen LogP contribution in [0, 0.1) is 0 Å². The van der Waals surface area contributed by atoms with E-state index in [1.807, 2.05) is 42.5 Å². The molecule has 0 aliphatic carbocycles. The van der Waals surface area contributed by atoms with Crippen LogP contribution < -0.4 is 0 Å². The topological polar surface area (TPSA) is 46.5 Å². The van der Waals surface area contributed by atoms with Crippen molar-refractivity contribution in [1.82, 2.24) is 0 Å². The molecule has 0 radical (unpaired) electrons. The molecule has 0 amide bonds. The average Bonchev–Trinajstić information content (AvgIpc) is 2.77. The molecule has 3 heteroatoms. The third kappa shape index (κ3) is 16.7. The molecule has 0 saturated carbocycles. The van der Waals surface area contributed by atoms with E-state index in [0.29, 0.717) is 13.0 Å². The normalized spacial score (nSPS) is 12.3. The molecule has 3 nitrogen and oxygen atoms in total. The van der Waals surface area contributed by atoms with Crippen LogP contribution in [0.5, 0.6) is 5.75 Å². The zero-order valence-electron chi connectivity index (χ0n) is 18.9. The zero-order chi connectivity index (χ0) is 22.4. The monoisotopic (exact) mass is 422 g/mol. The van der Waals surface area contributed by atoms with Gasteiger partial charge in [-0.2, -0.15) is 0 Å². The predicted octanol–water partition coefficient (Wildman–Crippen LogP) is 7.40. The summed E-state index contributed by atoms with van der Waals surface area (Å²) in [5.74, 6) is -0.131. The highest BCUT2D eigenvalue weighted by molar-refractivity contribution is 5.82. The smallest absolute Gasteiger partial charge is 0.330 e. The van der Waals surface area contributed by atoms with E-state index in [1.54, 1.807) is 24.3 Å². The van der Waals surface area contributed by atoms with E-state index in [9.17, 15) is 9.90 Å². The lowest BCUT2D eigenvalue weighted by atomic mass is 10.1. The van der Waals surface area contributed by atoms with Gasteiger partial charge in [-0.05, 0) is 30.5 Å². The number of aromatic hydroxyl groups is 1. The molecule has 0 aliphatic heterocycles. The number of carbonyl (C=O) groups excluding carboxylic acids is 1. The number of hydrogen-bond donors (Lipinski definition) is 1. The molecule has 0 unspecified atom stereocenters. The van der Waals surface area contributed by atoms with Crippen molar-refractivity contribution in [3.63, 3.8) is 0 Å². The quantitative estimate of drug-likeness (QED) is 0.131. The molecule has 1 aromatic carbocycles. The molecule has 0 bridgehead atoms. The van der Waals surface area contributed by atoms with E-state index in [1.165, 1.54) is 51.0 Å². The van der Waals surface area contributed by atoms with Gasteiger partial charge in [0.1, 0.15) is 5.75 Å².